The lowest BCUT2D eigenvalue weighted by atomic mass is 9.54. The molecule has 0 saturated heterocycles. The lowest BCUT2D eigenvalue weighted by molar-refractivity contribution is -0.185. The molecule has 1 saturated carbocycles. The number of fused-ring (bicyclic) bond motifs is 3. The number of hydrogen-bond acceptors (Lipinski definition) is 11. The maximum Gasteiger partial charge on any atom is 0.306 e. The molecule has 3 aliphatic carbocycles. The fourth-order valence-corrected chi connectivity index (χ4v) is 6.44. The van der Waals surface area contributed by atoms with E-state index in [1.54, 1.807) is 13.0 Å². The van der Waals surface area contributed by atoms with E-state index in [4.69, 9.17) is 15.6 Å². The number of Topliss-reactive ketones (excluding diaryl/α,β-unsaturated/α-hetero) is 2. The number of unbranched alkanes of at least 4 members (excludes halogenated alkanes) is 1. The van der Waals surface area contributed by atoms with E-state index in [0.717, 1.165) is 0 Å². The van der Waals surface area contributed by atoms with Crippen LogP contribution in [0.2, 0.25) is 0 Å². The van der Waals surface area contributed by atoms with Crippen LogP contribution in [-0.2, 0) is 28.7 Å². The van der Waals surface area contributed by atoms with E-state index in [9.17, 15) is 44.4 Å². The molecule has 1 fully saturated rings. The molecule has 0 aromatic heterocycles. The van der Waals surface area contributed by atoms with E-state index in [-0.39, 0.29) is 37.0 Å². The number of hydrogen-bond donors (Lipinski definition) is 6. The lowest BCUT2D eigenvalue weighted by Crippen LogP contribution is -2.71. The van der Waals surface area contributed by atoms with Gasteiger partial charge in [0.05, 0.1) is 17.5 Å². The SMILES string of the molecule is C[C@@H]1c2cccc(O)c2C(O)=C2C(=O)[C@@]3(O)C(O)=C(C(N)=O)C(=O)[C@H](N(C)C)[C@H]3[C@H](OC(=O)CCCCC(=O)O)[C@H]21. The van der Waals surface area contributed by atoms with Gasteiger partial charge < -0.3 is 36.0 Å². The Labute approximate surface area is 234 Å². The number of primary amides is 1. The predicted molar refractivity (Wildman–Crippen MR) is 140 cm³/mol. The number of esters is 1. The Balaban J connectivity index is 1.95. The van der Waals surface area contributed by atoms with Crippen molar-refractivity contribution in [2.45, 2.75) is 56.3 Å². The zero-order chi connectivity index (χ0) is 30.5. The first-order valence-corrected chi connectivity index (χ1v) is 13.0. The van der Waals surface area contributed by atoms with Crippen molar-refractivity contribution >= 4 is 35.2 Å². The molecule has 0 unspecified atom stereocenters. The molecule has 13 nitrogen and oxygen atoms in total. The number of carboxylic acid groups (broad SMARTS) is 1. The van der Waals surface area contributed by atoms with Crippen LogP contribution in [0.5, 0.6) is 5.75 Å². The van der Waals surface area contributed by atoms with Gasteiger partial charge in [-0.2, -0.15) is 0 Å². The van der Waals surface area contributed by atoms with Crippen molar-refractivity contribution in [2.75, 3.05) is 14.1 Å². The minimum absolute atomic E-state index is 0.0879. The molecule has 220 valence electrons. The molecule has 41 heavy (non-hydrogen) atoms. The van der Waals surface area contributed by atoms with Crippen molar-refractivity contribution in [3.63, 3.8) is 0 Å². The quantitative estimate of drug-likeness (QED) is 0.144. The number of amides is 1. The fraction of sp³-hybridized carbons (Fsp3) is 0.464. The maximum absolute atomic E-state index is 14.1. The van der Waals surface area contributed by atoms with Crippen molar-refractivity contribution in [2.24, 2.45) is 17.6 Å². The Morgan fingerprint density at radius 1 is 1.07 bits per heavy atom. The van der Waals surface area contributed by atoms with Gasteiger partial charge in [-0.3, -0.25) is 28.9 Å². The van der Waals surface area contributed by atoms with E-state index in [1.807, 2.05) is 0 Å². The van der Waals surface area contributed by atoms with Gasteiger partial charge in [0, 0.05) is 24.3 Å². The standard InChI is InChI=1S/C28H32N2O11/c1-11-12-7-6-8-13(31)17(12)22(35)18-16(11)24(41-15(34)10-5-4-9-14(32)33)20-21(30(2)3)23(36)19(27(29)39)26(38)28(20,40)25(18)37/h6-8,11,16,20-21,24,31,35,38,40H,4-5,9-10H2,1-3H3,(H2,29,39)(H,32,33)/t11-,16+,20+,21-,24-,28-/m1/s1. The van der Waals surface area contributed by atoms with Crippen molar-refractivity contribution in [1.82, 2.24) is 4.90 Å². The normalized spacial score (nSPS) is 29.1. The third-order valence-electron chi connectivity index (χ3n) is 8.26. The van der Waals surface area contributed by atoms with Crippen molar-refractivity contribution in [3.8, 4) is 5.75 Å². The molecule has 0 radical (unpaired) electrons. The molecular formula is C28H32N2O11. The highest BCUT2D eigenvalue weighted by Gasteiger charge is 2.69. The van der Waals surface area contributed by atoms with Gasteiger partial charge in [0.25, 0.3) is 5.91 Å². The summed E-state index contributed by atoms with van der Waals surface area (Å²) in [5.74, 6) is -11.4. The average molecular weight is 573 g/mol. The molecule has 3 aliphatic rings. The smallest absolute Gasteiger partial charge is 0.306 e. The lowest BCUT2D eigenvalue weighted by Gasteiger charge is -2.54. The number of carbonyl (C=O) groups excluding carboxylic acids is 4. The summed E-state index contributed by atoms with van der Waals surface area (Å²) in [4.78, 5) is 65.1. The maximum atomic E-state index is 14.1. The monoisotopic (exact) mass is 572 g/mol. The van der Waals surface area contributed by atoms with Crippen molar-refractivity contribution in [1.29, 1.82) is 0 Å². The zero-order valence-electron chi connectivity index (χ0n) is 22.7. The van der Waals surface area contributed by atoms with Crippen molar-refractivity contribution < 1.29 is 54.2 Å². The topological polar surface area (TPSA) is 225 Å². The van der Waals surface area contributed by atoms with Crippen molar-refractivity contribution in [3.05, 3.63) is 46.2 Å². The summed E-state index contributed by atoms with van der Waals surface area (Å²) in [6, 6.07) is 2.93. The number of benzene rings is 1. The summed E-state index contributed by atoms with van der Waals surface area (Å²) < 4.78 is 5.85. The summed E-state index contributed by atoms with van der Waals surface area (Å²) >= 11 is 0. The number of aliphatic carboxylic acids is 1. The fourth-order valence-electron chi connectivity index (χ4n) is 6.44. The highest BCUT2D eigenvalue weighted by atomic mass is 16.5. The summed E-state index contributed by atoms with van der Waals surface area (Å²) in [6.45, 7) is 1.65. The molecule has 1 aromatic rings. The number of aliphatic hydroxyl groups is 3. The highest BCUT2D eigenvalue weighted by molar-refractivity contribution is 6.24. The average Bonchev–Trinajstić information content (AvgIpc) is 2.88. The van der Waals surface area contributed by atoms with Gasteiger partial charge in [0.2, 0.25) is 5.78 Å². The third kappa shape index (κ3) is 4.54. The van der Waals surface area contributed by atoms with E-state index in [1.165, 1.54) is 31.1 Å². The number of phenolic OH excluding ortho intramolecular Hbond substituents is 1. The third-order valence-corrected chi connectivity index (χ3v) is 8.26. The second kappa shape index (κ2) is 10.6. The van der Waals surface area contributed by atoms with E-state index >= 15 is 0 Å². The number of nitrogens with zero attached hydrogens (tertiary/aromatic N) is 1. The summed E-state index contributed by atoms with van der Waals surface area (Å²) in [5, 5.41) is 53.9. The number of likely N-dealkylation sites (N-methyl/N-ethyl adjacent to an activating group) is 1. The first-order chi connectivity index (χ1) is 19.2. The first-order valence-electron chi connectivity index (χ1n) is 13.0. The number of ketones is 2. The minimum Gasteiger partial charge on any atom is -0.508 e. The predicted octanol–water partition coefficient (Wildman–Crippen LogP) is 0.692. The van der Waals surface area contributed by atoms with E-state index in [0.29, 0.717) is 5.56 Å². The van der Waals surface area contributed by atoms with Crippen LogP contribution in [0, 0.1) is 11.8 Å². The van der Waals surface area contributed by atoms with E-state index < -0.39 is 87.6 Å². The molecular weight excluding hydrogens is 540 g/mol. The van der Waals surface area contributed by atoms with Crippen LogP contribution >= 0.6 is 0 Å². The van der Waals surface area contributed by atoms with Gasteiger partial charge in [-0.1, -0.05) is 19.1 Å². The summed E-state index contributed by atoms with van der Waals surface area (Å²) in [7, 11) is 2.86. The minimum atomic E-state index is -3.02. The number of aromatic hydroxyl groups is 1. The number of aliphatic hydroxyl groups excluding tert-OH is 2. The van der Waals surface area contributed by atoms with Gasteiger partial charge in [0.1, 0.15) is 28.9 Å². The van der Waals surface area contributed by atoms with Crippen LogP contribution in [0.1, 0.15) is 49.7 Å². The Hall–Kier alpha value is -4.23. The highest BCUT2D eigenvalue weighted by Crippen LogP contribution is 2.56. The molecule has 0 heterocycles. The van der Waals surface area contributed by atoms with Crippen LogP contribution in [-0.4, -0.2) is 91.7 Å². The van der Waals surface area contributed by atoms with Gasteiger partial charge >= 0.3 is 11.9 Å². The number of ether oxygens (including phenoxy) is 1. The number of rotatable bonds is 8. The number of nitrogens with two attached hydrogens (primary N) is 1. The molecule has 7 N–H and O–H groups in total. The Morgan fingerprint density at radius 2 is 1.71 bits per heavy atom. The largest absolute Gasteiger partial charge is 0.508 e. The molecule has 0 aliphatic heterocycles. The summed E-state index contributed by atoms with van der Waals surface area (Å²) in [5.41, 5.74) is 1.19. The molecule has 6 atom stereocenters. The van der Waals surface area contributed by atoms with Gasteiger partial charge in [-0.25, -0.2) is 0 Å². The first kappa shape index (κ1) is 29.7. The molecule has 4 rings (SSSR count). The van der Waals surface area contributed by atoms with Crippen LogP contribution in [0.25, 0.3) is 5.76 Å². The number of carboxylic acids is 1. The van der Waals surface area contributed by atoms with Crippen LogP contribution in [0.3, 0.4) is 0 Å². The molecule has 0 bridgehead atoms. The molecule has 1 amide bonds. The van der Waals surface area contributed by atoms with Gasteiger partial charge in [0.15, 0.2) is 11.4 Å². The molecule has 13 heteroatoms. The van der Waals surface area contributed by atoms with Crippen LogP contribution in [0.4, 0.5) is 0 Å². The molecule has 0 spiro atoms. The Morgan fingerprint density at radius 3 is 2.29 bits per heavy atom. The second-order valence-electron chi connectivity index (χ2n) is 10.9. The zero-order valence-corrected chi connectivity index (χ0v) is 22.7. The van der Waals surface area contributed by atoms with Gasteiger partial charge in [-0.15, -0.1) is 0 Å². The van der Waals surface area contributed by atoms with Crippen LogP contribution in [0.15, 0.2) is 35.1 Å². The Kier molecular flexibility index (Phi) is 7.71. The van der Waals surface area contributed by atoms with Crippen LogP contribution < -0.4 is 5.73 Å². The number of phenols is 1. The van der Waals surface area contributed by atoms with Gasteiger partial charge in [-0.05, 0) is 44.5 Å². The second-order valence-corrected chi connectivity index (χ2v) is 10.9. The number of carbonyl (C=O) groups is 5. The van der Waals surface area contributed by atoms with E-state index in [2.05, 4.69) is 0 Å². The Bertz CT molecular complexity index is 1410. The summed E-state index contributed by atoms with van der Waals surface area (Å²) in [6.07, 6.45) is -1.62. The molecule has 1 aromatic carbocycles.